The minimum atomic E-state index is -1.64. The van der Waals surface area contributed by atoms with E-state index in [9.17, 15) is 40.9 Å². The van der Waals surface area contributed by atoms with Crippen molar-refractivity contribution in [1.82, 2.24) is 0 Å². The van der Waals surface area contributed by atoms with E-state index in [1.54, 1.807) is 0 Å². The summed E-state index contributed by atoms with van der Waals surface area (Å²) in [5.74, 6) is -0.811. The van der Waals surface area contributed by atoms with E-state index in [1.807, 2.05) is 0 Å². The van der Waals surface area contributed by atoms with E-state index in [-0.39, 0.29) is 35.2 Å². The number of hydrogen-bond donors (Lipinski definition) is 8. The third kappa shape index (κ3) is 4.01. The van der Waals surface area contributed by atoms with Crippen molar-refractivity contribution < 1.29 is 55.1 Å². The number of aromatic hydroxyl groups is 3. The molecular formula is C21H24O11. The summed E-state index contributed by atoms with van der Waals surface area (Å²) in [6.45, 7) is -0.623. The Labute approximate surface area is 181 Å². The van der Waals surface area contributed by atoms with Crippen LogP contribution in [0, 0.1) is 0 Å². The van der Waals surface area contributed by atoms with Gasteiger partial charge in [-0.2, -0.15) is 0 Å². The summed E-state index contributed by atoms with van der Waals surface area (Å²) in [6, 6.07) is 6.58. The van der Waals surface area contributed by atoms with Gasteiger partial charge in [-0.25, -0.2) is 0 Å². The molecule has 0 aliphatic carbocycles. The van der Waals surface area contributed by atoms with Crippen LogP contribution in [0.25, 0.3) is 0 Å². The maximum absolute atomic E-state index is 10.5. The van der Waals surface area contributed by atoms with Gasteiger partial charge in [0.15, 0.2) is 11.5 Å². The summed E-state index contributed by atoms with van der Waals surface area (Å²) >= 11 is 0. The van der Waals surface area contributed by atoms with Gasteiger partial charge in [0.25, 0.3) is 0 Å². The zero-order chi connectivity index (χ0) is 23.2. The first-order valence-electron chi connectivity index (χ1n) is 9.89. The number of ether oxygens (including phenoxy) is 3. The van der Waals surface area contributed by atoms with E-state index < -0.39 is 49.5 Å². The molecule has 7 atom stereocenters. The molecular weight excluding hydrogens is 428 g/mol. The lowest BCUT2D eigenvalue weighted by Gasteiger charge is -2.39. The minimum Gasteiger partial charge on any atom is -0.507 e. The number of benzene rings is 2. The Morgan fingerprint density at radius 3 is 2.31 bits per heavy atom. The second-order valence-electron chi connectivity index (χ2n) is 7.79. The van der Waals surface area contributed by atoms with E-state index in [1.165, 1.54) is 30.3 Å². The highest BCUT2D eigenvalue weighted by molar-refractivity contribution is 5.52. The molecule has 8 N–H and O–H groups in total. The number of phenols is 3. The van der Waals surface area contributed by atoms with Gasteiger partial charge >= 0.3 is 0 Å². The molecule has 4 rings (SSSR count). The quantitative estimate of drug-likeness (QED) is 0.266. The summed E-state index contributed by atoms with van der Waals surface area (Å²) in [5, 5.41) is 79.4. The molecule has 2 aromatic carbocycles. The highest BCUT2D eigenvalue weighted by atomic mass is 16.7. The lowest BCUT2D eigenvalue weighted by molar-refractivity contribution is -0.277. The van der Waals surface area contributed by atoms with Crippen molar-refractivity contribution in [2.75, 3.05) is 6.61 Å². The second-order valence-corrected chi connectivity index (χ2v) is 7.79. The van der Waals surface area contributed by atoms with Gasteiger partial charge in [0.05, 0.1) is 12.7 Å². The van der Waals surface area contributed by atoms with E-state index in [2.05, 4.69) is 0 Å². The van der Waals surface area contributed by atoms with E-state index in [0.717, 1.165) is 0 Å². The van der Waals surface area contributed by atoms with Gasteiger partial charge in [-0.15, -0.1) is 0 Å². The summed E-state index contributed by atoms with van der Waals surface area (Å²) in [4.78, 5) is 0. The molecule has 1 fully saturated rings. The largest absolute Gasteiger partial charge is 0.507 e. The standard InChI is InChI=1S/C21H24O11/c22-7-16-17(27)18(28)19(29)21(32-16)30-9-4-12(24)10-6-14(26)20(31-15(10)5-9)8-1-2-11(23)13(25)3-8/h1-5,14,16-29H,6-7H2/t14-,16+,17+,18-,19+,20-,21+/m0/s1. The third-order valence-electron chi connectivity index (χ3n) is 5.60. The van der Waals surface area contributed by atoms with Crippen LogP contribution in [0.2, 0.25) is 0 Å². The van der Waals surface area contributed by atoms with E-state index in [0.29, 0.717) is 11.1 Å². The van der Waals surface area contributed by atoms with Gasteiger partial charge in [-0.05, 0) is 17.7 Å². The zero-order valence-electron chi connectivity index (χ0n) is 16.6. The first-order valence-corrected chi connectivity index (χ1v) is 9.89. The monoisotopic (exact) mass is 452 g/mol. The highest BCUT2D eigenvalue weighted by Crippen LogP contribution is 2.43. The van der Waals surface area contributed by atoms with Crippen LogP contribution in [0.15, 0.2) is 30.3 Å². The predicted molar refractivity (Wildman–Crippen MR) is 105 cm³/mol. The number of aliphatic hydroxyl groups excluding tert-OH is 5. The minimum absolute atomic E-state index is 0.00530. The molecule has 0 bridgehead atoms. The summed E-state index contributed by atoms with van der Waals surface area (Å²) in [5.41, 5.74) is 0.691. The Kier molecular flexibility index (Phi) is 6.03. The molecule has 0 spiro atoms. The van der Waals surface area contributed by atoms with Crippen molar-refractivity contribution in [2.45, 2.75) is 49.3 Å². The van der Waals surface area contributed by atoms with Crippen molar-refractivity contribution in [3.63, 3.8) is 0 Å². The van der Waals surface area contributed by atoms with Gasteiger partial charge in [0.2, 0.25) is 6.29 Å². The van der Waals surface area contributed by atoms with Crippen LogP contribution in [-0.4, -0.2) is 84.3 Å². The SMILES string of the molecule is OC[C@H]1O[C@@H](Oc2cc(O)c3c(c2)O[C@@H](c2ccc(O)c(O)c2)[C@@H](O)C3)[C@H](O)[C@@H](O)[C@@H]1O. The van der Waals surface area contributed by atoms with Crippen LogP contribution in [0.5, 0.6) is 28.7 Å². The molecule has 0 aromatic heterocycles. The van der Waals surface area contributed by atoms with Crippen molar-refractivity contribution in [1.29, 1.82) is 0 Å². The number of fused-ring (bicyclic) bond motifs is 1. The number of hydrogen-bond acceptors (Lipinski definition) is 11. The van der Waals surface area contributed by atoms with Gasteiger partial charge < -0.3 is 55.1 Å². The Hall–Kier alpha value is -2.80. The highest BCUT2D eigenvalue weighted by Gasteiger charge is 2.45. The first-order chi connectivity index (χ1) is 15.2. The van der Waals surface area contributed by atoms with Crippen molar-refractivity contribution in [2.24, 2.45) is 0 Å². The van der Waals surface area contributed by atoms with Crippen LogP contribution in [0.3, 0.4) is 0 Å². The lowest BCUT2D eigenvalue weighted by atomic mass is 9.94. The number of aliphatic hydroxyl groups is 5. The molecule has 0 unspecified atom stereocenters. The van der Waals surface area contributed by atoms with Gasteiger partial charge in [-0.1, -0.05) is 6.07 Å². The molecule has 0 amide bonds. The van der Waals surface area contributed by atoms with E-state index >= 15 is 0 Å². The topological polar surface area (TPSA) is 190 Å². The van der Waals surface area contributed by atoms with Crippen LogP contribution in [0.4, 0.5) is 0 Å². The van der Waals surface area contributed by atoms with Gasteiger partial charge in [-0.3, -0.25) is 0 Å². The smallest absolute Gasteiger partial charge is 0.229 e. The van der Waals surface area contributed by atoms with Crippen LogP contribution >= 0.6 is 0 Å². The Morgan fingerprint density at radius 1 is 0.875 bits per heavy atom. The molecule has 2 aliphatic heterocycles. The van der Waals surface area contributed by atoms with Crippen molar-refractivity contribution in [3.8, 4) is 28.7 Å². The summed E-state index contributed by atoms with van der Waals surface area (Å²) < 4.78 is 16.7. The Bertz CT molecular complexity index is 978. The molecule has 2 aromatic rings. The fraction of sp³-hybridized carbons (Fsp3) is 0.429. The molecule has 0 radical (unpaired) electrons. The number of phenolic OH excluding ortho intramolecular Hbond substituents is 3. The van der Waals surface area contributed by atoms with Crippen molar-refractivity contribution >= 4 is 0 Å². The first kappa shape index (κ1) is 22.4. The normalized spacial score (nSPS) is 32.1. The fourth-order valence-corrected chi connectivity index (χ4v) is 3.82. The van der Waals surface area contributed by atoms with Crippen LogP contribution < -0.4 is 9.47 Å². The average molecular weight is 452 g/mol. The van der Waals surface area contributed by atoms with Gasteiger partial charge in [0.1, 0.15) is 47.8 Å². The maximum atomic E-state index is 10.5. The summed E-state index contributed by atoms with van der Waals surface area (Å²) in [7, 11) is 0. The molecule has 0 saturated carbocycles. The molecule has 11 nitrogen and oxygen atoms in total. The third-order valence-corrected chi connectivity index (χ3v) is 5.60. The molecule has 2 aliphatic rings. The Balaban J connectivity index is 1.59. The Morgan fingerprint density at radius 2 is 1.62 bits per heavy atom. The fourth-order valence-electron chi connectivity index (χ4n) is 3.82. The number of rotatable bonds is 4. The predicted octanol–water partition coefficient (Wildman–Crippen LogP) is -0.981. The van der Waals surface area contributed by atoms with Crippen LogP contribution in [0.1, 0.15) is 17.2 Å². The zero-order valence-corrected chi connectivity index (χ0v) is 16.6. The average Bonchev–Trinajstić information content (AvgIpc) is 2.76. The van der Waals surface area contributed by atoms with Gasteiger partial charge in [0, 0.05) is 24.1 Å². The maximum Gasteiger partial charge on any atom is 0.229 e. The van der Waals surface area contributed by atoms with Crippen LogP contribution in [-0.2, 0) is 11.2 Å². The lowest BCUT2D eigenvalue weighted by Crippen LogP contribution is -2.60. The molecule has 174 valence electrons. The summed E-state index contributed by atoms with van der Waals surface area (Å²) in [6.07, 6.45) is -9.39. The molecule has 1 saturated heterocycles. The molecule has 2 heterocycles. The van der Waals surface area contributed by atoms with Crippen molar-refractivity contribution in [3.05, 3.63) is 41.5 Å². The molecule has 32 heavy (non-hydrogen) atoms. The second kappa shape index (κ2) is 8.62. The van der Waals surface area contributed by atoms with E-state index in [4.69, 9.17) is 14.2 Å². The molecule has 11 heteroatoms.